The molecule has 0 radical (unpaired) electrons. The zero-order chi connectivity index (χ0) is 13.0. The third kappa shape index (κ3) is 3.17. The summed E-state index contributed by atoms with van der Waals surface area (Å²) in [5.74, 6) is -0.557. The lowest BCUT2D eigenvalue weighted by Gasteiger charge is -2.14. The van der Waals surface area contributed by atoms with E-state index in [4.69, 9.17) is 4.74 Å². The van der Waals surface area contributed by atoms with Crippen molar-refractivity contribution in [3.05, 3.63) is 47.0 Å². The van der Waals surface area contributed by atoms with E-state index < -0.39 is 12.1 Å². The lowest BCUT2D eigenvalue weighted by atomic mass is 9.99. The van der Waals surface area contributed by atoms with Crippen LogP contribution in [0.15, 0.2) is 30.4 Å². The van der Waals surface area contributed by atoms with Gasteiger partial charge >= 0.3 is 5.97 Å². The summed E-state index contributed by atoms with van der Waals surface area (Å²) in [4.78, 5) is 11.4. The van der Waals surface area contributed by atoms with Gasteiger partial charge in [0.05, 0.1) is 12.2 Å². The highest BCUT2D eigenvalue weighted by molar-refractivity contribution is 5.89. The molecular formula is C14H18O3. The van der Waals surface area contributed by atoms with Gasteiger partial charge in [-0.2, -0.15) is 0 Å². The van der Waals surface area contributed by atoms with Crippen LogP contribution in [0.2, 0.25) is 0 Å². The normalized spacial score (nSPS) is 12.0. The van der Waals surface area contributed by atoms with Crippen LogP contribution in [-0.2, 0) is 9.53 Å². The molecule has 1 atom stereocenters. The summed E-state index contributed by atoms with van der Waals surface area (Å²) in [6.45, 7) is 9.52. The average Bonchev–Trinajstić information content (AvgIpc) is 2.31. The SMILES string of the molecule is C=C(C(=O)OCC)C(O)c1ccc(C)c(C)c1. The Morgan fingerprint density at radius 1 is 1.41 bits per heavy atom. The second kappa shape index (κ2) is 5.64. The standard InChI is InChI=1S/C14H18O3/c1-5-17-14(16)11(4)13(15)12-7-6-9(2)10(3)8-12/h6-8,13,15H,4-5H2,1-3H3. The fraction of sp³-hybridized carbons (Fsp3) is 0.357. The van der Waals surface area contributed by atoms with Gasteiger partial charge in [-0.1, -0.05) is 24.8 Å². The topological polar surface area (TPSA) is 46.5 Å². The van der Waals surface area contributed by atoms with Crippen LogP contribution in [-0.4, -0.2) is 17.7 Å². The first-order valence-electron chi connectivity index (χ1n) is 5.58. The average molecular weight is 234 g/mol. The number of benzene rings is 1. The molecule has 17 heavy (non-hydrogen) atoms. The number of hydrogen-bond donors (Lipinski definition) is 1. The first-order chi connectivity index (χ1) is 7.97. The molecule has 0 aliphatic heterocycles. The molecule has 0 heterocycles. The quantitative estimate of drug-likeness (QED) is 0.643. The summed E-state index contributed by atoms with van der Waals surface area (Å²) in [7, 11) is 0. The van der Waals surface area contributed by atoms with E-state index in [-0.39, 0.29) is 12.2 Å². The Bertz CT molecular complexity index is 435. The summed E-state index contributed by atoms with van der Waals surface area (Å²) < 4.78 is 4.80. The Kier molecular flexibility index (Phi) is 4.46. The van der Waals surface area contributed by atoms with E-state index in [1.807, 2.05) is 26.0 Å². The summed E-state index contributed by atoms with van der Waals surface area (Å²) >= 11 is 0. The highest BCUT2D eigenvalue weighted by Crippen LogP contribution is 2.23. The fourth-order valence-electron chi connectivity index (χ4n) is 1.47. The second-order valence-corrected chi connectivity index (χ2v) is 3.99. The predicted molar refractivity (Wildman–Crippen MR) is 66.6 cm³/mol. The van der Waals surface area contributed by atoms with Gasteiger partial charge in [-0.3, -0.25) is 0 Å². The zero-order valence-corrected chi connectivity index (χ0v) is 10.5. The molecule has 0 amide bonds. The first-order valence-corrected chi connectivity index (χ1v) is 5.58. The Morgan fingerprint density at radius 2 is 2.06 bits per heavy atom. The maximum absolute atomic E-state index is 11.4. The number of carbonyl (C=O) groups excluding carboxylic acids is 1. The molecule has 92 valence electrons. The van der Waals surface area contributed by atoms with Gasteiger partial charge in [-0.05, 0) is 37.5 Å². The van der Waals surface area contributed by atoms with Crippen LogP contribution < -0.4 is 0 Å². The van der Waals surface area contributed by atoms with Gasteiger partial charge in [0.15, 0.2) is 0 Å². The van der Waals surface area contributed by atoms with Gasteiger partial charge in [0, 0.05) is 0 Å². The van der Waals surface area contributed by atoms with E-state index in [2.05, 4.69) is 6.58 Å². The van der Waals surface area contributed by atoms with Crippen molar-refractivity contribution in [3.63, 3.8) is 0 Å². The van der Waals surface area contributed by atoms with Crippen LogP contribution in [0.5, 0.6) is 0 Å². The highest BCUT2D eigenvalue weighted by Gasteiger charge is 2.19. The third-order valence-electron chi connectivity index (χ3n) is 2.71. The smallest absolute Gasteiger partial charge is 0.336 e. The molecule has 3 heteroatoms. The lowest BCUT2D eigenvalue weighted by molar-refractivity contribution is -0.139. The van der Waals surface area contributed by atoms with Gasteiger partial charge < -0.3 is 9.84 Å². The Morgan fingerprint density at radius 3 is 2.59 bits per heavy atom. The van der Waals surface area contributed by atoms with Crippen LogP contribution in [0.4, 0.5) is 0 Å². The predicted octanol–water partition coefficient (Wildman–Crippen LogP) is 2.46. The maximum Gasteiger partial charge on any atom is 0.336 e. The summed E-state index contributed by atoms with van der Waals surface area (Å²) in [5, 5.41) is 10.0. The molecule has 1 unspecified atom stereocenters. The molecule has 1 N–H and O–H groups in total. The number of aryl methyl sites for hydroxylation is 2. The van der Waals surface area contributed by atoms with Crippen LogP contribution in [0.1, 0.15) is 29.7 Å². The van der Waals surface area contributed by atoms with Crippen molar-refractivity contribution >= 4 is 5.97 Å². The molecule has 0 aliphatic rings. The number of aliphatic hydroxyl groups is 1. The molecule has 0 saturated carbocycles. The van der Waals surface area contributed by atoms with Crippen molar-refractivity contribution in [2.75, 3.05) is 6.61 Å². The fourth-order valence-corrected chi connectivity index (χ4v) is 1.47. The monoisotopic (exact) mass is 234 g/mol. The molecule has 0 fully saturated rings. The van der Waals surface area contributed by atoms with Gasteiger partial charge in [0.1, 0.15) is 6.10 Å². The van der Waals surface area contributed by atoms with Gasteiger partial charge in [0.25, 0.3) is 0 Å². The zero-order valence-electron chi connectivity index (χ0n) is 10.5. The van der Waals surface area contributed by atoms with Crippen LogP contribution in [0, 0.1) is 13.8 Å². The molecule has 0 bridgehead atoms. The van der Waals surface area contributed by atoms with Crippen molar-refractivity contribution in [1.82, 2.24) is 0 Å². The molecule has 0 saturated heterocycles. The molecule has 1 aromatic rings. The van der Waals surface area contributed by atoms with Crippen LogP contribution in [0.3, 0.4) is 0 Å². The van der Waals surface area contributed by atoms with Crippen LogP contribution >= 0.6 is 0 Å². The minimum atomic E-state index is -1.01. The number of rotatable bonds is 4. The van der Waals surface area contributed by atoms with E-state index >= 15 is 0 Å². The molecule has 1 rings (SSSR count). The largest absolute Gasteiger partial charge is 0.463 e. The summed E-state index contributed by atoms with van der Waals surface area (Å²) in [6, 6.07) is 5.55. The number of esters is 1. The van der Waals surface area contributed by atoms with Crippen molar-refractivity contribution < 1.29 is 14.6 Å². The lowest BCUT2D eigenvalue weighted by Crippen LogP contribution is -2.13. The summed E-state index contributed by atoms with van der Waals surface area (Å²) in [6.07, 6.45) is -1.01. The molecule has 0 aromatic heterocycles. The molecule has 3 nitrogen and oxygen atoms in total. The molecule has 0 spiro atoms. The van der Waals surface area contributed by atoms with Crippen LogP contribution in [0.25, 0.3) is 0 Å². The number of ether oxygens (including phenoxy) is 1. The number of carbonyl (C=O) groups is 1. The van der Waals surface area contributed by atoms with Gasteiger partial charge in [-0.15, -0.1) is 0 Å². The second-order valence-electron chi connectivity index (χ2n) is 3.99. The van der Waals surface area contributed by atoms with Crippen molar-refractivity contribution in [3.8, 4) is 0 Å². The van der Waals surface area contributed by atoms with E-state index in [0.717, 1.165) is 11.1 Å². The number of hydrogen-bond acceptors (Lipinski definition) is 3. The minimum Gasteiger partial charge on any atom is -0.463 e. The summed E-state index contributed by atoms with van der Waals surface area (Å²) in [5.41, 5.74) is 2.93. The van der Waals surface area contributed by atoms with Gasteiger partial charge in [-0.25, -0.2) is 4.79 Å². The minimum absolute atomic E-state index is 0.0649. The van der Waals surface area contributed by atoms with E-state index in [1.54, 1.807) is 13.0 Å². The molecule has 0 aliphatic carbocycles. The number of aliphatic hydroxyl groups excluding tert-OH is 1. The Hall–Kier alpha value is -1.61. The third-order valence-corrected chi connectivity index (χ3v) is 2.71. The van der Waals surface area contributed by atoms with E-state index in [0.29, 0.717) is 5.56 Å². The highest BCUT2D eigenvalue weighted by atomic mass is 16.5. The van der Waals surface area contributed by atoms with Crippen molar-refractivity contribution in [2.24, 2.45) is 0 Å². The van der Waals surface area contributed by atoms with E-state index in [1.165, 1.54) is 0 Å². The molecule has 1 aromatic carbocycles. The Labute approximate surface area is 102 Å². The van der Waals surface area contributed by atoms with E-state index in [9.17, 15) is 9.90 Å². The Balaban J connectivity index is 2.88. The van der Waals surface area contributed by atoms with Crippen molar-refractivity contribution in [2.45, 2.75) is 26.9 Å². The maximum atomic E-state index is 11.4. The van der Waals surface area contributed by atoms with Crippen molar-refractivity contribution in [1.29, 1.82) is 0 Å². The first kappa shape index (κ1) is 13.5. The molecular weight excluding hydrogens is 216 g/mol. The van der Waals surface area contributed by atoms with Gasteiger partial charge in [0.2, 0.25) is 0 Å².